The Morgan fingerprint density at radius 2 is 1.75 bits per heavy atom. The predicted octanol–water partition coefficient (Wildman–Crippen LogP) is 5.14. The first-order chi connectivity index (χ1) is 13.4. The number of benzene rings is 2. The van der Waals surface area contributed by atoms with Gasteiger partial charge in [0.15, 0.2) is 11.5 Å². The van der Waals surface area contributed by atoms with E-state index in [4.69, 9.17) is 9.47 Å². The minimum atomic E-state index is -4.32. The molecule has 28 heavy (non-hydrogen) atoms. The van der Waals surface area contributed by atoms with Crippen molar-refractivity contribution in [2.45, 2.75) is 19.3 Å². The fourth-order valence-corrected chi connectivity index (χ4v) is 3.63. The smallest absolute Gasteiger partial charge is 0.416 e. The summed E-state index contributed by atoms with van der Waals surface area (Å²) in [6, 6.07) is 10.8. The van der Waals surface area contributed by atoms with Crippen LogP contribution >= 0.6 is 11.3 Å². The van der Waals surface area contributed by atoms with E-state index in [9.17, 15) is 13.2 Å². The van der Waals surface area contributed by atoms with Crippen molar-refractivity contribution in [3.63, 3.8) is 0 Å². The molecule has 0 saturated carbocycles. The van der Waals surface area contributed by atoms with Crippen LogP contribution < -0.4 is 14.8 Å². The maximum Gasteiger partial charge on any atom is 0.416 e. The summed E-state index contributed by atoms with van der Waals surface area (Å²) >= 11 is 1.52. The molecule has 0 radical (unpaired) electrons. The van der Waals surface area contributed by atoms with Crippen LogP contribution in [0.15, 0.2) is 48.7 Å². The Kier molecular flexibility index (Phi) is 6.21. The molecule has 8 heteroatoms. The number of nitrogens with one attached hydrogen (secondary N) is 1. The third-order valence-electron chi connectivity index (χ3n) is 4.11. The van der Waals surface area contributed by atoms with Gasteiger partial charge in [0.2, 0.25) is 0 Å². The highest BCUT2D eigenvalue weighted by Gasteiger charge is 2.29. The number of rotatable bonds is 7. The number of aromatic nitrogens is 1. The van der Waals surface area contributed by atoms with Gasteiger partial charge in [0, 0.05) is 24.8 Å². The van der Waals surface area contributed by atoms with Crippen LogP contribution in [0.4, 0.5) is 13.2 Å². The highest BCUT2D eigenvalue weighted by Crippen LogP contribution is 2.39. The van der Waals surface area contributed by atoms with E-state index >= 15 is 0 Å². The second-order valence-electron chi connectivity index (χ2n) is 5.96. The summed E-state index contributed by atoms with van der Waals surface area (Å²) in [6.07, 6.45) is -2.54. The third-order valence-corrected chi connectivity index (χ3v) is 5.14. The van der Waals surface area contributed by atoms with Gasteiger partial charge in [0.05, 0.1) is 24.7 Å². The van der Waals surface area contributed by atoms with Gasteiger partial charge in [-0.3, -0.25) is 0 Å². The molecule has 0 aliphatic rings. The van der Waals surface area contributed by atoms with Crippen molar-refractivity contribution in [1.82, 2.24) is 10.3 Å². The van der Waals surface area contributed by atoms with E-state index in [2.05, 4.69) is 10.3 Å². The van der Waals surface area contributed by atoms with Crippen molar-refractivity contribution >= 4 is 11.3 Å². The van der Waals surface area contributed by atoms with Crippen LogP contribution in [0.25, 0.3) is 10.4 Å². The Morgan fingerprint density at radius 1 is 1.00 bits per heavy atom. The first kappa shape index (κ1) is 20.2. The van der Waals surface area contributed by atoms with Crippen LogP contribution in [0.1, 0.15) is 16.1 Å². The molecular weight excluding hydrogens is 389 g/mol. The standard InChI is InChI=1S/C20H19F3N2O2S/c1-26-16-5-3-4-15(19(16)27-2)17-11-25-18(28-17)12-24-10-13-6-8-14(9-7-13)20(21,22)23/h3-9,11,24H,10,12H2,1-2H3. The van der Waals surface area contributed by atoms with E-state index in [1.54, 1.807) is 20.4 Å². The van der Waals surface area contributed by atoms with Crippen LogP contribution in [0.3, 0.4) is 0 Å². The van der Waals surface area contributed by atoms with E-state index in [0.29, 0.717) is 24.6 Å². The minimum absolute atomic E-state index is 0.454. The van der Waals surface area contributed by atoms with Gasteiger partial charge in [-0.2, -0.15) is 13.2 Å². The molecule has 0 saturated heterocycles. The van der Waals surface area contributed by atoms with Gasteiger partial charge in [0.25, 0.3) is 0 Å². The Bertz CT molecular complexity index is 924. The Balaban J connectivity index is 1.63. The summed E-state index contributed by atoms with van der Waals surface area (Å²) in [5.74, 6) is 1.30. The van der Waals surface area contributed by atoms with Crippen molar-refractivity contribution < 1.29 is 22.6 Å². The lowest BCUT2D eigenvalue weighted by Crippen LogP contribution is -2.12. The van der Waals surface area contributed by atoms with E-state index in [1.807, 2.05) is 18.2 Å². The summed E-state index contributed by atoms with van der Waals surface area (Å²) in [7, 11) is 3.18. The van der Waals surface area contributed by atoms with E-state index in [1.165, 1.54) is 23.5 Å². The van der Waals surface area contributed by atoms with E-state index in [0.717, 1.165) is 33.1 Å². The Hall–Kier alpha value is -2.58. The molecule has 3 aromatic rings. The minimum Gasteiger partial charge on any atom is -0.493 e. The molecule has 148 valence electrons. The van der Waals surface area contributed by atoms with Crippen molar-refractivity contribution in [3.8, 4) is 21.9 Å². The average Bonchev–Trinajstić information content (AvgIpc) is 3.15. The maximum absolute atomic E-state index is 12.6. The molecule has 1 N–H and O–H groups in total. The molecule has 1 aromatic heterocycles. The van der Waals surface area contributed by atoms with Crippen LogP contribution in [0.2, 0.25) is 0 Å². The number of alkyl halides is 3. The zero-order chi connectivity index (χ0) is 20.1. The number of nitrogens with zero attached hydrogens (tertiary/aromatic N) is 1. The van der Waals surface area contributed by atoms with Crippen LogP contribution in [0, 0.1) is 0 Å². The first-order valence-electron chi connectivity index (χ1n) is 8.45. The summed E-state index contributed by atoms with van der Waals surface area (Å²) in [6.45, 7) is 0.966. The SMILES string of the molecule is COc1cccc(-c2cnc(CNCc3ccc(C(F)(F)F)cc3)s2)c1OC. The molecular formula is C20H19F3N2O2S. The molecule has 1 heterocycles. The van der Waals surface area contributed by atoms with Gasteiger partial charge in [0.1, 0.15) is 5.01 Å². The van der Waals surface area contributed by atoms with Crippen molar-refractivity contribution in [3.05, 3.63) is 64.8 Å². The van der Waals surface area contributed by atoms with Crippen molar-refractivity contribution in [2.75, 3.05) is 14.2 Å². The lowest BCUT2D eigenvalue weighted by molar-refractivity contribution is -0.137. The second-order valence-corrected chi connectivity index (χ2v) is 7.07. The number of methoxy groups -OCH3 is 2. The topological polar surface area (TPSA) is 43.4 Å². The molecule has 0 spiro atoms. The van der Waals surface area contributed by atoms with E-state index < -0.39 is 11.7 Å². The highest BCUT2D eigenvalue weighted by molar-refractivity contribution is 7.15. The van der Waals surface area contributed by atoms with Gasteiger partial charge >= 0.3 is 6.18 Å². The van der Waals surface area contributed by atoms with Crippen LogP contribution in [-0.2, 0) is 19.3 Å². The van der Waals surface area contributed by atoms with Gasteiger partial charge < -0.3 is 14.8 Å². The van der Waals surface area contributed by atoms with Crippen molar-refractivity contribution in [1.29, 1.82) is 0 Å². The molecule has 4 nitrogen and oxygen atoms in total. The molecule has 0 bridgehead atoms. The molecule has 3 rings (SSSR count). The fourth-order valence-electron chi connectivity index (χ4n) is 2.72. The number of hydrogen-bond acceptors (Lipinski definition) is 5. The molecule has 0 fully saturated rings. The van der Waals surface area contributed by atoms with E-state index in [-0.39, 0.29) is 0 Å². The number of para-hydroxylation sites is 1. The molecule has 0 amide bonds. The first-order valence-corrected chi connectivity index (χ1v) is 9.27. The number of ether oxygens (including phenoxy) is 2. The van der Waals surface area contributed by atoms with Crippen LogP contribution in [0.5, 0.6) is 11.5 Å². The van der Waals surface area contributed by atoms with Crippen molar-refractivity contribution in [2.24, 2.45) is 0 Å². The summed E-state index contributed by atoms with van der Waals surface area (Å²) in [5, 5.41) is 4.07. The quantitative estimate of drug-likeness (QED) is 0.588. The molecule has 0 aliphatic heterocycles. The zero-order valence-corrected chi connectivity index (χ0v) is 16.2. The number of halogens is 3. The number of thiazole rings is 1. The molecule has 0 unspecified atom stereocenters. The molecule has 0 atom stereocenters. The lowest BCUT2D eigenvalue weighted by Gasteiger charge is -2.10. The monoisotopic (exact) mass is 408 g/mol. The third kappa shape index (κ3) is 4.63. The highest BCUT2D eigenvalue weighted by atomic mass is 32.1. The second kappa shape index (κ2) is 8.62. The summed E-state index contributed by atoms with van der Waals surface area (Å²) < 4.78 is 48.6. The predicted molar refractivity (Wildman–Crippen MR) is 103 cm³/mol. The molecule has 0 aliphatic carbocycles. The zero-order valence-electron chi connectivity index (χ0n) is 15.3. The van der Waals surface area contributed by atoms with Gasteiger partial charge in [-0.25, -0.2) is 4.98 Å². The van der Waals surface area contributed by atoms with Crippen LogP contribution in [-0.4, -0.2) is 19.2 Å². The van der Waals surface area contributed by atoms with Gasteiger partial charge in [-0.15, -0.1) is 11.3 Å². The maximum atomic E-state index is 12.6. The lowest BCUT2D eigenvalue weighted by atomic mass is 10.1. The summed E-state index contributed by atoms with van der Waals surface area (Å²) in [4.78, 5) is 5.36. The largest absolute Gasteiger partial charge is 0.493 e. The number of hydrogen-bond donors (Lipinski definition) is 1. The average molecular weight is 408 g/mol. The Morgan fingerprint density at radius 3 is 2.39 bits per heavy atom. The van der Waals surface area contributed by atoms with Gasteiger partial charge in [-0.1, -0.05) is 18.2 Å². The Labute approximate surface area is 165 Å². The molecule has 2 aromatic carbocycles. The normalized spacial score (nSPS) is 11.5. The summed E-state index contributed by atoms with van der Waals surface area (Å²) in [5.41, 5.74) is 1.03. The fraction of sp³-hybridized carbons (Fsp3) is 0.250. The van der Waals surface area contributed by atoms with Gasteiger partial charge in [-0.05, 0) is 29.8 Å².